The zero-order valence-corrected chi connectivity index (χ0v) is 15.3. The zero-order valence-electron chi connectivity index (χ0n) is 15.3. The lowest BCUT2D eigenvalue weighted by atomic mass is 10.0. The minimum atomic E-state index is -0.410. The third-order valence-electron chi connectivity index (χ3n) is 4.62. The van der Waals surface area contributed by atoms with Gasteiger partial charge in [-0.1, -0.05) is 0 Å². The highest BCUT2D eigenvalue weighted by atomic mass is 19.1. The Bertz CT molecular complexity index is 822. The Morgan fingerprint density at radius 3 is 2.62 bits per heavy atom. The number of anilines is 1. The molecule has 0 aliphatic carbocycles. The van der Waals surface area contributed by atoms with E-state index in [2.05, 4.69) is 10.7 Å². The van der Waals surface area contributed by atoms with Gasteiger partial charge in [-0.25, -0.2) is 4.39 Å². The van der Waals surface area contributed by atoms with Crippen LogP contribution < -0.4 is 15.9 Å². The molecule has 1 aliphatic heterocycles. The number of carbonyl (C=O) groups excluding carboxylic acids is 1. The van der Waals surface area contributed by atoms with E-state index in [1.54, 1.807) is 37.7 Å². The lowest BCUT2D eigenvalue weighted by Crippen LogP contribution is -3.13. The molecule has 0 radical (unpaired) electrons. The Kier molecular flexibility index (Phi) is 4.85. The molecule has 1 saturated heterocycles. The number of nitrogens with one attached hydrogen (secondary N) is 3. The number of hydrogen-bond donors (Lipinski definition) is 3. The van der Waals surface area contributed by atoms with E-state index in [1.165, 1.54) is 12.1 Å². The number of aryl methyl sites for hydroxylation is 2. The summed E-state index contributed by atoms with van der Waals surface area (Å²) in [6.07, 6.45) is 1.59. The zero-order chi connectivity index (χ0) is 19.1. The number of quaternary nitrogens is 1. The number of nitrogens with zero attached hydrogens (tertiary/aromatic N) is 1. The summed E-state index contributed by atoms with van der Waals surface area (Å²) in [4.78, 5) is 12.5. The first-order valence-electron chi connectivity index (χ1n) is 8.33. The maximum atomic E-state index is 13.9. The fourth-order valence-electron chi connectivity index (χ4n) is 2.82. The molecule has 1 atom stereocenters. The Morgan fingerprint density at radius 1 is 1.35 bits per heavy atom. The molecule has 3 rings (SSSR count). The van der Waals surface area contributed by atoms with Crippen molar-refractivity contribution in [2.24, 2.45) is 7.05 Å². The SMILES string of the molecule is Cc1cc(NC(=O)c2cc([NH+]([O-])NC3(C)COC3)cn2C)cc(F)c1C. The van der Waals surface area contributed by atoms with E-state index < -0.39 is 5.91 Å². The summed E-state index contributed by atoms with van der Waals surface area (Å²) in [6.45, 7) is 6.31. The predicted octanol–water partition coefficient (Wildman–Crippen LogP) is 1.34. The first-order chi connectivity index (χ1) is 12.2. The monoisotopic (exact) mass is 362 g/mol. The van der Waals surface area contributed by atoms with E-state index >= 15 is 0 Å². The van der Waals surface area contributed by atoms with Crippen molar-refractivity contribution in [3.8, 4) is 0 Å². The van der Waals surface area contributed by atoms with Crippen LogP contribution in [0.5, 0.6) is 0 Å². The van der Waals surface area contributed by atoms with Gasteiger partial charge in [-0.3, -0.25) is 9.97 Å². The lowest BCUT2D eigenvalue weighted by Gasteiger charge is -2.40. The Hall–Kier alpha value is -2.26. The summed E-state index contributed by atoms with van der Waals surface area (Å²) < 4.78 is 20.6. The van der Waals surface area contributed by atoms with E-state index in [-0.39, 0.29) is 16.5 Å². The first-order valence-corrected chi connectivity index (χ1v) is 8.33. The maximum absolute atomic E-state index is 13.9. The van der Waals surface area contributed by atoms with Crippen LogP contribution in [0.4, 0.5) is 15.8 Å². The van der Waals surface area contributed by atoms with Crippen LogP contribution in [-0.4, -0.2) is 29.2 Å². The van der Waals surface area contributed by atoms with Crippen LogP contribution >= 0.6 is 0 Å². The Morgan fingerprint density at radius 2 is 2.04 bits per heavy atom. The van der Waals surface area contributed by atoms with Gasteiger partial charge in [-0.2, -0.15) is 5.43 Å². The summed E-state index contributed by atoms with van der Waals surface area (Å²) in [7, 11) is 1.68. The minimum Gasteiger partial charge on any atom is -0.608 e. The van der Waals surface area contributed by atoms with Crippen LogP contribution in [0.1, 0.15) is 28.5 Å². The van der Waals surface area contributed by atoms with Crippen molar-refractivity contribution in [1.82, 2.24) is 9.99 Å². The van der Waals surface area contributed by atoms with Gasteiger partial charge in [0.1, 0.15) is 17.1 Å². The Labute approximate surface area is 151 Å². The number of carbonyl (C=O) groups is 1. The Balaban J connectivity index is 1.75. The second-order valence-electron chi connectivity index (χ2n) is 7.09. The first kappa shape index (κ1) is 18.5. The van der Waals surface area contributed by atoms with Crippen molar-refractivity contribution < 1.29 is 19.1 Å². The van der Waals surface area contributed by atoms with E-state index in [4.69, 9.17) is 4.74 Å². The maximum Gasteiger partial charge on any atom is 0.272 e. The quantitative estimate of drug-likeness (QED) is 0.701. The van der Waals surface area contributed by atoms with Gasteiger partial charge in [0, 0.05) is 18.8 Å². The average molecular weight is 362 g/mol. The molecule has 0 saturated carbocycles. The fourth-order valence-corrected chi connectivity index (χ4v) is 2.82. The molecule has 2 aromatic rings. The van der Waals surface area contributed by atoms with Crippen molar-refractivity contribution in [2.75, 3.05) is 18.5 Å². The predicted molar refractivity (Wildman–Crippen MR) is 95.6 cm³/mol. The van der Waals surface area contributed by atoms with Crippen molar-refractivity contribution in [3.63, 3.8) is 0 Å². The second-order valence-corrected chi connectivity index (χ2v) is 7.09. The molecule has 26 heavy (non-hydrogen) atoms. The molecule has 0 bridgehead atoms. The van der Waals surface area contributed by atoms with Gasteiger partial charge in [0.05, 0.1) is 19.4 Å². The van der Waals surface area contributed by atoms with Crippen molar-refractivity contribution in [1.29, 1.82) is 0 Å². The topological polar surface area (TPSA) is 82.8 Å². The summed E-state index contributed by atoms with van der Waals surface area (Å²) in [5.74, 6) is -0.782. The fraction of sp³-hybridized carbons (Fsp3) is 0.389. The lowest BCUT2D eigenvalue weighted by molar-refractivity contribution is -0.839. The van der Waals surface area contributed by atoms with Crippen LogP contribution in [-0.2, 0) is 11.8 Å². The number of ether oxygens (including phenoxy) is 1. The van der Waals surface area contributed by atoms with Gasteiger partial charge in [0.2, 0.25) is 0 Å². The number of rotatable bonds is 5. The van der Waals surface area contributed by atoms with Crippen LogP contribution in [0.15, 0.2) is 24.4 Å². The summed E-state index contributed by atoms with van der Waals surface area (Å²) in [5, 5.41) is 14.8. The molecule has 1 aromatic carbocycles. The number of aromatic nitrogens is 1. The normalized spacial score (nSPS) is 16.8. The van der Waals surface area contributed by atoms with Crippen LogP contribution in [0.3, 0.4) is 0 Å². The number of benzene rings is 1. The van der Waals surface area contributed by atoms with Gasteiger partial charge < -0.3 is 19.8 Å². The number of halogens is 1. The molecule has 1 unspecified atom stereocenters. The highest BCUT2D eigenvalue weighted by Gasteiger charge is 2.36. The van der Waals surface area contributed by atoms with Crippen molar-refractivity contribution in [2.45, 2.75) is 26.3 Å². The van der Waals surface area contributed by atoms with E-state index in [9.17, 15) is 14.4 Å². The molecule has 0 spiro atoms. The third-order valence-corrected chi connectivity index (χ3v) is 4.62. The largest absolute Gasteiger partial charge is 0.608 e. The van der Waals surface area contributed by atoms with Gasteiger partial charge in [0.25, 0.3) is 5.91 Å². The molecule has 1 fully saturated rings. The van der Waals surface area contributed by atoms with Gasteiger partial charge in [0.15, 0.2) is 5.69 Å². The molecule has 1 aliphatic rings. The molecule has 1 amide bonds. The van der Waals surface area contributed by atoms with Crippen molar-refractivity contribution >= 4 is 17.3 Å². The van der Waals surface area contributed by atoms with Gasteiger partial charge >= 0.3 is 0 Å². The standard InChI is InChI=1S/C18H23FN4O3/c1-11-5-13(6-15(19)12(11)2)20-17(24)16-7-14(8-22(16)4)23(25)21-18(3)9-26-10-18/h5-8,21,23H,9-10H2,1-4H3,(H,20,24). The molecule has 1 aromatic heterocycles. The molecule has 3 N–H and O–H groups in total. The molecule has 7 nitrogen and oxygen atoms in total. The van der Waals surface area contributed by atoms with Gasteiger partial charge in [-0.05, 0) is 44.0 Å². The number of hydrogen-bond acceptors (Lipinski definition) is 4. The highest BCUT2D eigenvalue weighted by Crippen LogP contribution is 2.20. The van der Waals surface area contributed by atoms with E-state index in [1.807, 2.05) is 6.92 Å². The molecule has 2 heterocycles. The number of amides is 1. The summed E-state index contributed by atoms with van der Waals surface area (Å²) in [6, 6.07) is 4.52. The molecule has 8 heteroatoms. The smallest absolute Gasteiger partial charge is 0.272 e. The summed E-state index contributed by atoms with van der Waals surface area (Å²) in [5.41, 5.74) is 4.91. The molecule has 140 valence electrons. The van der Waals surface area contributed by atoms with Crippen molar-refractivity contribution in [3.05, 3.63) is 52.2 Å². The second kappa shape index (κ2) is 6.81. The molecular weight excluding hydrogens is 339 g/mol. The van der Waals surface area contributed by atoms with Crippen LogP contribution in [0.25, 0.3) is 0 Å². The summed E-state index contributed by atoms with van der Waals surface area (Å²) >= 11 is 0. The highest BCUT2D eigenvalue weighted by molar-refractivity contribution is 6.03. The van der Waals surface area contributed by atoms with Crippen LogP contribution in [0, 0.1) is 24.9 Å². The minimum absolute atomic E-state index is 0.261. The van der Waals surface area contributed by atoms with Gasteiger partial charge in [-0.15, -0.1) is 0 Å². The van der Waals surface area contributed by atoms with E-state index in [0.29, 0.717) is 35.8 Å². The van der Waals surface area contributed by atoms with E-state index in [0.717, 1.165) is 5.56 Å². The van der Waals surface area contributed by atoms with Crippen LogP contribution in [0.2, 0.25) is 0 Å². The average Bonchev–Trinajstić information content (AvgIpc) is 2.93. The molecular formula is C18H23FN4O3. The third kappa shape index (κ3) is 3.63.